The van der Waals surface area contributed by atoms with Crippen molar-refractivity contribution in [1.29, 1.82) is 0 Å². The summed E-state index contributed by atoms with van der Waals surface area (Å²) in [5, 5.41) is 10.5. The standard InChI is InChI=1S/C24H32N2O3/c1-20(2)14-25(17-23(27)18-28-19-24-11-7-13-29-24)16-22-10-6-12-26(22)15-21-8-4-3-5-9-21/h3-13,20,23,27H,14-19H2,1-2H3/p+1/t23-/m0/s1. The maximum Gasteiger partial charge on any atom is 0.129 e. The quantitative estimate of drug-likeness (QED) is 0.494. The van der Waals surface area contributed by atoms with E-state index in [0.717, 1.165) is 25.4 Å². The number of aliphatic hydroxyl groups is 1. The Kier molecular flexibility index (Phi) is 8.11. The van der Waals surface area contributed by atoms with Gasteiger partial charge < -0.3 is 23.7 Å². The summed E-state index contributed by atoms with van der Waals surface area (Å²) in [5.74, 6) is 1.33. The molecule has 0 bridgehead atoms. The van der Waals surface area contributed by atoms with Crippen LogP contribution in [0.3, 0.4) is 0 Å². The summed E-state index contributed by atoms with van der Waals surface area (Å²) in [4.78, 5) is 1.36. The second kappa shape index (κ2) is 11.0. The fourth-order valence-electron chi connectivity index (χ4n) is 3.69. The van der Waals surface area contributed by atoms with Gasteiger partial charge in [-0.15, -0.1) is 0 Å². The number of aliphatic hydroxyl groups excluding tert-OH is 1. The summed E-state index contributed by atoms with van der Waals surface area (Å²) in [5.41, 5.74) is 2.58. The van der Waals surface area contributed by atoms with Crippen LogP contribution >= 0.6 is 0 Å². The molecule has 0 aliphatic rings. The van der Waals surface area contributed by atoms with E-state index in [9.17, 15) is 5.11 Å². The molecule has 2 atom stereocenters. The Balaban J connectivity index is 1.55. The third kappa shape index (κ3) is 7.20. The first kappa shape index (κ1) is 21.4. The Bertz CT molecular complexity index is 812. The van der Waals surface area contributed by atoms with Gasteiger partial charge in [0.1, 0.15) is 31.6 Å². The number of benzene rings is 1. The highest BCUT2D eigenvalue weighted by molar-refractivity contribution is 5.17. The number of ether oxygens (including phenoxy) is 1. The minimum atomic E-state index is -0.503. The maximum atomic E-state index is 10.5. The average Bonchev–Trinajstić information content (AvgIpc) is 3.35. The van der Waals surface area contributed by atoms with Gasteiger partial charge in [0.25, 0.3) is 0 Å². The fourth-order valence-corrected chi connectivity index (χ4v) is 3.69. The highest BCUT2D eigenvalue weighted by atomic mass is 16.5. The number of furan rings is 1. The number of rotatable bonds is 12. The molecule has 1 unspecified atom stereocenters. The molecule has 3 rings (SSSR count). The first-order valence-corrected chi connectivity index (χ1v) is 10.4. The Morgan fingerprint density at radius 3 is 2.59 bits per heavy atom. The average molecular weight is 398 g/mol. The molecule has 0 spiro atoms. The second-order valence-electron chi connectivity index (χ2n) is 8.09. The van der Waals surface area contributed by atoms with Gasteiger partial charge in [-0.25, -0.2) is 0 Å². The Morgan fingerprint density at radius 2 is 1.86 bits per heavy atom. The summed E-state index contributed by atoms with van der Waals surface area (Å²) in [6.07, 6.45) is 3.27. The first-order valence-electron chi connectivity index (χ1n) is 10.4. The molecule has 2 aromatic heterocycles. The Labute approximate surface area is 173 Å². The first-order chi connectivity index (χ1) is 14.1. The molecule has 3 aromatic rings. The molecule has 0 saturated heterocycles. The molecule has 156 valence electrons. The van der Waals surface area contributed by atoms with Crippen molar-refractivity contribution < 1.29 is 19.2 Å². The topological polar surface area (TPSA) is 52.0 Å². The van der Waals surface area contributed by atoms with Crippen LogP contribution in [0.25, 0.3) is 0 Å². The van der Waals surface area contributed by atoms with Gasteiger partial charge in [0.05, 0.1) is 25.1 Å². The van der Waals surface area contributed by atoms with Crippen LogP contribution in [-0.4, -0.2) is 35.5 Å². The van der Waals surface area contributed by atoms with E-state index in [1.165, 1.54) is 16.2 Å². The zero-order valence-electron chi connectivity index (χ0n) is 17.5. The van der Waals surface area contributed by atoms with E-state index < -0.39 is 6.10 Å². The van der Waals surface area contributed by atoms with E-state index in [1.54, 1.807) is 6.26 Å². The van der Waals surface area contributed by atoms with E-state index in [0.29, 0.717) is 25.7 Å². The van der Waals surface area contributed by atoms with E-state index in [-0.39, 0.29) is 0 Å². The molecule has 2 heterocycles. The lowest BCUT2D eigenvalue weighted by Gasteiger charge is -2.24. The highest BCUT2D eigenvalue weighted by Gasteiger charge is 2.19. The summed E-state index contributed by atoms with van der Waals surface area (Å²) >= 11 is 0. The van der Waals surface area contributed by atoms with Crippen LogP contribution in [0.1, 0.15) is 30.9 Å². The lowest BCUT2D eigenvalue weighted by Crippen LogP contribution is -3.12. The van der Waals surface area contributed by atoms with Crippen molar-refractivity contribution in [3.8, 4) is 0 Å². The Morgan fingerprint density at radius 1 is 1.03 bits per heavy atom. The van der Waals surface area contributed by atoms with Crippen molar-refractivity contribution in [2.75, 3.05) is 19.7 Å². The van der Waals surface area contributed by atoms with Gasteiger partial charge in [-0.2, -0.15) is 0 Å². The largest absolute Gasteiger partial charge is 0.467 e. The third-order valence-electron chi connectivity index (χ3n) is 4.91. The van der Waals surface area contributed by atoms with E-state index >= 15 is 0 Å². The van der Waals surface area contributed by atoms with Crippen molar-refractivity contribution in [3.05, 3.63) is 84.1 Å². The second-order valence-corrected chi connectivity index (χ2v) is 8.09. The highest BCUT2D eigenvalue weighted by Crippen LogP contribution is 2.07. The number of nitrogens with zero attached hydrogens (tertiary/aromatic N) is 1. The normalized spacial score (nSPS) is 13.7. The van der Waals surface area contributed by atoms with Gasteiger partial charge in [0, 0.05) is 18.7 Å². The van der Waals surface area contributed by atoms with Crippen LogP contribution in [0.5, 0.6) is 0 Å². The molecule has 1 aromatic carbocycles. The monoisotopic (exact) mass is 397 g/mol. The molecular formula is C24H33N2O3+. The summed E-state index contributed by atoms with van der Waals surface area (Å²) in [6, 6.07) is 18.5. The summed E-state index contributed by atoms with van der Waals surface area (Å²) < 4.78 is 13.2. The van der Waals surface area contributed by atoms with Crippen molar-refractivity contribution in [2.45, 2.75) is 39.6 Å². The van der Waals surface area contributed by atoms with Gasteiger partial charge in [-0.1, -0.05) is 44.2 Å². The molecule has 0 aliphatic heterocycles. The lowest BCUT2D eigenvalue weighted by atomic mass is 10.2. The van der Waals surface area contributed by atoms with Crippen LogP contribution in [0, 0.1) is 5.92 Å². The fraction of sp³-hybridized carbons (Fsp3) is 0.417. The van der Waals surface area contributed by atoms with Crippen molar-refractivity contribution >= 4 is 0 Å². The van der Waals surface area contributed by atoms with Gasteiger partial charge in [0.2, 0.25) is 0 Å². The van der Waals surface area contributed by atoms with E-state index in [1.807, 2.05) is 18.2 Å². The molecule has 5 nitrogen and oxygen atoms in total. The van der Waals surface area contributed by atoms with Crippen molar-refractivity contribution in [3.63, 3.8) is 0 Å². The SMILES string of the molecule is CC(C)C[NH+](Cc1cccn1Cc1ccccc1)C[C@H](O)COCc1ccco1. The van der Waals surface area contributed by atoms with Crippen LogP contribution in [-0.2, 0) is 24.4 Å². The zero-order valence-corrected chi connectivity index (χ0v) is 17.5. The van der Waals surface area contributed by atoms with Crippen LogP contribution in [0.15, 0.2) is 71.5 Å². The number of hydrogen-bond acceptors (Lipinski definition) is 3. The number of nitrogens with one attached hydrogen (secondary N) is 1. The van der Waals surface area contributed by atoms with E-state index in [2.05, 4.69) is 61.0 Å². The summed E-state index contributed by atoms with van der Waals surface area (Å²) in [6.45, 7) is 8.57. The lowest BCUT2D eigenvalue weighted by molar-refractivity contribution is -0.920. The minimum absolute atomic E-state index is 0.313. The molecule has 5 heteroatoms. The number of quaternary nitrogens is 1. The molecule has 0 amide bonds. The van der Waals surface area contributed by atoms with Crippen molar-refractivity contribution in [2.24, 2.45) is 5.92 Å². The van der Waals surface area contributed by atoms with Crippen LogP contribution < -0.4 is 4.90 Å². The molecule has 0 saturated carbocycles. The van der Waals surface area contributed by atoms with Crippen molar-refractivity contribution in [1.82, 2.24) is 4.57 Å². The molecular weight excluding hydrogens is 364 g/mol. The van der Waals surface area contributed by atoms with Gasteiger partial charge >= 0.3 is 0 Å². The molecule has 29 heavy (non-hydrogen) atoms. The predicted molar refractivity (Wildman–Crippen MR) is 114 cm³/mol. The molecule has 0 aliphatic carbocycles. The van der Waals surface area contributed by atoms with Gasteiger partial charge in [-0.05, 0) is 29.8 Å². The van der Waals surface area contributed by atoms with Crippen LogP contribution in [0.4, 0.5) is 0 Å². The van der Waals surface area contributed by atoms with Crippen LogP contribution in [0.2, 0.25) is 0 Å². The zero-order chi connectivity index (χ0) is 20.5. The maximum absolute atomic E-state index is 10.5. The summed E-state index contributed by atoms with van der Waals surface area (Å²) in [7, 11) is 0. The number of aromatic nitrogens is 1. The Hall–Kier alpha value is -2.34. The predicted octanol–water partition coefficient (Wildman–Crippen LogP) is 2.75. The molecule has 2 N–H and O–H groups in total. The number of hydrogen-bond donors (Lipinski definition) is 2. The molecule has 0 radical (unpaired) electrons. The molecule has 0 fully saturated rings. The third-order valence-corrected chi connectivity index (χ3v) is 4.91. The van der Waals surface area contributed by atoms with E-state index in [4.69, 9.17) is 9.15 Å². The van der Waals surface area contributed by atoms with Gasteiger partial charge in [-0.3, -0.25) is 0 Å². The van der Waals surface area contributed by atoms with Gasteiger partial charge in [0.15, 0.2) is 0 Å². The smallest absolute Gasteiger partial charge is 0.129 e. The minimum Gasteiger partial charge on any atom is -0.467 e.